The smallest absolute Gasteiger partial charge is 0.108 e. The molecule has 3 aromatic rings. The summed E-state index contributed by atoms with van der Waals surface area (Å²) < 4.78 is 14.2. The van der Waals surface area contributed by atoms with Crippen LogP contribution in [-0.4, -0.2) is 5.66 Å². The molecule has 162 valence electrons. The number of benzene rings is 3. The summed E-state index contributed by atoms with van der Waals surface area (Å²) in [5.41, 5.74) is 0.318. The number of rotatable bonds is 6. The predicted octanol–water partition coefficient (Wildman–Crippen LogP) is 6.09. The summed E-state index contributed by atoms with van der Waals surface area (Å²) in [4.78, 5) is 0. The standard InChI is InChI=1S/C28H34OP2/c1-21(2)25-19-18-22(3)20-28(25)31(29)27-17-11-10-16-26(27)30(23-12-6-4-7-13-23)24-14-8-5-9-15-24/h4-17,21-22,25,28,31H,18-20H2,1-3H3/t22-,25+,28-/m1/s1. The van der Waals surface area contributed by atoms with Crippen molar-refractivity contribution in [3.63, 3.8) is 0 Å². The number of hydrogen-bond acceptors (Lipinski definition) is 1. The fourth-order valence-electron chi connectivity index (χ4n) is 5.16. The van der Waals surface area contributed by atoms with Crippen LogP contribution < -0.4 is 21.2 Å². The molecule has 1 aliphatic rings. The zero-order valence-corrected chi connectivity index (χ0v) is 20.8. The molecule has 3 aromatic carbocycles. The van der Waals surface area contributed by atoms with Crippen LogP contribution in [0.1, 0.15) is 40.0 Å². The van der Waals surface area contributed by atoms with E-state index in [1.54, 1.807) is 0 Å². The van der Waals surface area contributed by atoms with Gasteiger partial charge < -0.3 is 4.57 Å². The van der Waals surface area contributed by atoms with E-state index in [0.717, 1.165) is 11.7 Å². The first-order valence-corrected chi connectivity index (χ1v) is 14.4. The highest BCUT2D eigenvalue weighted by Gasteiger charge is 2.36. The molecule has 3 heteroatoms. The molecule has 0 N–H and O–H groups in total. The van der Waals surface area contributed by atoms with Gasteiger partial charge in [0.15, 0.2) is 0 Å². The van der Waals surface area contributed by atoms with Crippen LogP contribution in [-0.2, 0) is 4.57 Å². The van der Waals surface area contributed by atoms with Crippen molar-refractivity contribution in [2.45, 2.75) is 45.7 Å². The molecule has 0 heterocycles. The summed E-state index contributed by atoms with van der Waals surface area (Å²) in [7, 11) is -2.65. The molecule has 0 spiro atoms. The van der Waals surface area contributed by atoms with Crippen molar-refractivity contribution in [1.82, 2.24) is 0 Å². The van der Waals surface area contributed by atoms with Gasteiger partial charge in [-0.15, -0.1) is 0 Å². The van der Waals surface area contributed by atoms with Crippen LogP contribution >= 0.6 is 15.7 Å². The fraction of sp³-hybridized carbons (Fsp3) is 0.357. The predicted molar refractivity (Wildman–Crippen MR) is 139 cm³/mol. The lowest BCUT2D eigenvalue weighted by Gasteiger charge is -2.37. The lowest BCUT2D eigenvalue weighted by Crippen LogP contribution is -2.35. The second-order valence-electron chi connectivity index (χ2n) is 9.32. The van der Waals surface area contributed by atoms with Crippen molar-refractivity contribution in [3.8, 4) is 0 Å². The maximum absolute atomic E-state index is 14.2. The maximum atomic E-state index is 14.2. The van der Waals surface area contributed by atoms with Gasteiger partial charge in [-0.1, -0.05) is 112 Å². The Bertz CT molecular complexity index is 960. The second kappa shape index (κ2) is 10.3. The van der Waals surface area contributed by atoms with Gasteiger partial charge in [0, 0.05) is 11.0 Å². The highest BCUT2D eigenvalue weighted by Crippen LogP contribution is 2.47. The molecule has 1 aliphatic carbocycles. The SMILES string of the molecule is CC(C)[C@@H]1CC[C@@H](C)C[C@H]1[PH](=O)c1ccccc1P(c1ccccc1)c1ccccc1. The average Bonchev–Trinajstić information content (AvgIpc) is 2.80. The van der Waals surface area contributed by atoms with E-state index >= 15 is 0 Å². The van der Waals surface area contributed by atoms with E-state index in [4.69, 9.17) is 0 Å². The summed E-state index contributed by atoms with van der Waals surface area (Å²) in [5, 5.41) is 5.04. The second-order valence-corrected chi connectivity index (χ2v) is 13.5. The van der Waals surface area contributed by atoms with Crippen LogP contribution in [0.5, 0.6) is 0 Å². The molecule has 1 saturated carbocycles. The molecule has 1 unspecified atom stereocenters. The molecule has 4 atom stereocenters. The summed E-state index contributed by atoms with van der Waals surface area (Å²) in [6.45, 7) is 6.97. The van der Waals surface area contributed by atoms with Crippen LogP contribution in [0.4, 0.5) is 0 Å². The lowest BCUT2D eigenvalue weighted by atomic mass is 9.77. The van der Waals surface area contributed by atoms with E-state index in [1.807, 2.05) is 0 Å². The van der Waals surface area contributed by atoms with Crippen LogP contribution in [0.25, 0.3) is 0 Å². The summed E-state index contributed by atoms with van der Waals surface area (Å²) in [5.74, 6) is 1.82. The van der Waals surface area contributed by atoms with Crippen LogP contribution in [0.2, 0.25) is 0 Å². The monoisotopic (exact) mass is 448 g/mol. The molecular weight excluding hydrogens is 414 g/mol. The Morgan fingerprint density at radius 1 is 0.806 bits per heavy atom. The first-order chi connectivity index (χ1) is 15.1. The molecule has 0 aromatic heterocycles. The van der Waals surface area contributed by atoms with Crippen molar-refractivity contribution in [2.75, 3.05) is 0 Å². The van der Waals surface area contributed by atoms with Crippen LogP contribution in [0, 0.1) is 17.8 Å². The minimum absolute atomic E-state index is 0.318. The van der Waals surface area contributed by atoms with Crippen LogP contribution in [0.15, 0.2) is 84.9 Å². The first-order valence-electron chi connectivity index (χ1n) is 11.6. The largest absolute Gasteiger partial charge is 0.322 e. The van der Waals surface area contributed by atoms with Crippen LogP contribution in [0.3, 0.4) is 0 Å². The minimum atomic E-state index is -1.92. The van der Waals surface area contributed by atoms with Gasteiger partial charge in [-0.2, -0.15) is 0 Å². The topological polar surface area (TPSA) is 17.1 Å². The molecular formula is C28H34OP2. The van der Waals surface area contributed by atoms with E-state index in [1.165, 1.54) is 28.8 Å². The van der Waals surface area contributed by atoms with Crippen molar-refractivity contribution >= 4 is 36.9 Å². The molecule has 1 nitrogen and oxygen atoms in total. The third-order valence-corrected chi connectivity index (χ3v) is 11.8. The summed E-state index contributed by atoms with van der Waals surface area (Å²) in [6, 6.07) is 30.2. The first kappa shape index (κ1) is 22.5. The summed E-state index contributed by atoms with van der Waals surface area (Å²) >= 11 is 0. The Labute approximate surface area is 189 Å². The third kappa shape index (κ3) is 5.05. The Kier molecular flexibility index (Phi) is 7.47. The molecule has 4 rings (SSSR count). The third-order valence-electron chi connectivity index (χ3n) is 6.80. The van der Waals surface area contributed by atoms with Crippen molar-refractivity contribution in [2.24, 2.45) is 17.8 Å². The zero-order valence-electron chi connectivity index (χ0n) is 18.9. The minimum Gasteiger partial charge on any atom is -0.322 e. The van der Waals surface area contributed by atoms with Gasteiger partial charge in [0.1, 0.15) is 7.80 Å². The van der Waals surface area contributed by atoms with Gasteiger partial charge in [0.05, 0.1) is 0 Å². The van der Waals surface area contributed by atoms with E-state index in [-0.39, 0.29) is 0 Å². The molecule has 1 fully saturated rings. The zero-order chi connectivity index (χ0) is 21.8. The van der Waals surface area contributed by atoms with E-state index in [9.17, 15) is 4.57 Å². The van der Waals surface area contributed by atoms with Crippen molar-refractivity contribution in [1.29, 1.82) is 0 Å². The number of hydrogen-bond donors (Lipinski definition) is 0. The normalized spacial score (nSPS) is 22.5. The average molecular weight is 449 g/mol. The molecule has 0 aliphatic heterocycles. The Hall–Kier alpha value is -1.68. The van der Waals surface area contributed by atoms with Crippen molar-refractivity contribution in [3.05, 3.63) is 84.9 Å². The Balaban J connectivity index is 1.80. The molecule has 0 bridgehead atoms. The van der Waals surface area contributed by atoms with Gasteiger partial charge in [-0.3, -0.25) is 0 Å². The van der Waals surface area contributed by atoms with Gasteiger partial charge in [-0.25, -0.2) is 0 Å². The van der Waals surface area contributed by atoms with Crippen molar-refractivity contribution < 1.29 is 4.57 Å². The van der Waals surface area contributed by atoms with E-state index in [0.29, 0.717) is 23.4 Å². The molecule has 0 radical (unpaired) electrons. The highest BCUT2D eigenvalue weighted by molar-refractivity contribution is 7.81. The van der Waals surface area contributed by atoms with E-state index < -0.39 is 15.7 Å². The quantitative estimate of drug-likeness (QED) is 0.417. The van der Waals surface area contributed by atoms with Gasteiger partial charge in [0.2, 0.25) is 0 Å². The van der Waals surface area contributed by atoms with Gasteiger partial charge >= 0.3 is 0 Å². The fourth-order valence-corrected chi connectivity index (χ4v) is 10.7. The Morgan fingerprint density at radius 3 is 1.94 bits per heavy atom. The highest BCUT2D eigenvalue weighted by atomic mass is 31.1. The lowest BCUT2D eigenvalue weighted by molar-refractivity contribution is 0.239. The maximum Gasteiger partial charge on any atom is 0.108 e. The van der Waals surface area contributed by atoms with E-state index in [2.05, 4.69) is 106 Å². The summed E-state index contributed by atoms with van der Waals surface area (Å²) in [6.07, 6.45) is 3.59. The molecule has 0 amide bonds. The van der Waals surface area contributed by atoms with Gasteiger partial charge in [0.25, 0.3) is 0 Å². The Morgan fingerprint density at radius 2 is 1.35 bits per heavy atom. The molecule has 0 saturated heterocycles. The molecule has 31 heavy (non-hydrogen) atoms. The van der Waals surface area contributed by atoms with Gasteiger partial charge in [-0.05, 0) is 54.4 Å².